The van der Waals surface area contributed by atoms with E-state index in [9.17, 15) is 9.59 Å². The summed E-state index contributed by atoms with van der Waals surface area (Å²) in [5.74, 6) is -0.506. The van der Waals surface area contributed by atoms with Crippen LogP contribution < -0.4 is 0 Å². The molecule has 0 aromatic heterocycles. The quantitative estimate of drug-likeness (QED) is 0.668. The molecule has 0 saturated carbocycles. The summed E-state index contributed by atoms with van der Waals surface area (Å²) in [7, 11) is 0. The van der Waals surface area contributed by atoms with Gasteiger partial charge in [-0.05, 0) is 6.42 Å². The lowest BCUT2D eigenvalue weighted by molar-refractivity contribution is -0.179. The van der Waals surface area contributed by atoms with Crippen LogP contribution >= 0.6 is 0 Å². The molecule has 2 atom stereocenters. The first-order valence-electron chi connectivity index (χ1n) is 5.66. The van der Waals surface area contributed by atoms with Gasteiger partial charge >= 0.3 is 11.9 Å². The van der Waals surface area contributed by atoms with Gasteiger partial charge in [-0.25, -0.2) is 0 Å². The molecule has 0 N–H and O–H groups in total. The minimum atomic E-state index is -0.474. The van der Waals surface area contributed by atoms with Gasteiger partial charge in [-0.3, -0.25) is 9.59 Å². The molecular formula is C11H18O5. The molecule has 1 saturated heterocycles. The Hall–Kier alpha value is -1.10. The molecule has 0 aromatic rings. The van der Waals surface area contributed by atoms with Crippen molar-refractivity contribution in [3.05, 3.63) is 0 Å². The molecule has 0 radical (unpaired) electrons. The van der Waals surface area contributed by atoms with Crippen LogP contribution in [0.3, 0.4) is 0 Å². The van der Waals surface area contributed by atoms with Crippen LogP contribution in [0.5, 0.6) is 0 Å². The summed E-state index contributed by atoms with van der Waals surface area (Å²) in [6.45, 7) is 3.72. The molecule has 2 unspecified atom stereocenters. The molecule has 0 amide bonds. The van der Waals surface area contributed by atoms with Crippen LogP contribution in [0.2, 0.25) is 0 Å². The minimum Gasteiger partial charge on any atom is -0.463 e. The maximum absolute atomic E-state index is 11.0. The normalized spacial score (nSPS) is 24.1. The van der Waals surface area contributed by atoms with Crippen LogP contribution in [0.4, 0.5) is 0 Å². The zero-order valence-electron chi connectivity index (χ0n) is 9.73. The first-order chi connectivity index (χ1) is 7.65. The van der Waals surface area contributed by atoms with E-state index in [1.165, 1.54) is 0 Å². The average Bonchev–Trinajstić information content (AvgIpc) is 2.73. The van der Waals surface area contributed by atoms with Gasteiger partial charge in [0.25, 0.3) is 0 Å². The van der Waals surface area contributed by atoms with Gasteiger partial charge in [0.2, 0.25) is 6.29 Å². The van der Waals surface area contributed by atoms with Crippen LogP contribution in [-0.2, 0) is 23.8 Å². The zero-order chi connectivity index (χ0) is 12.0. The van der Waals surface area contributed by atoms with Crippen molar-refractivity contribution in [2.75, 3.05) is 6.61 Å². The third-order valence-corrected chi connectivity index (χ3v) is 2.34. The van der Waals surface area contributed by atoms with Crippen molar-refractivity contribution in [3.63, 3.8) is 0 Å². The summed E-state index contributed by atoms with van der Waals surface area (Å²) in [6.07, 6.45) is 1.50. The van der Waals surface area contributed by atoms with Crippen molar-refractivity contribution >= 4 is 11.9 Å². The smallest absolute Gasteiger partial charge is 0.307 e. The Morgan fingerprint density at radius 2 is 1.88 bits per heavy atom. The molecule has 1 aliphatic heterocycles. The number of esters is 2. The molecule has 5 nitrogen and oxygen atoms in total. The summed E-state index contributed by atoms with van der Waals surface area (Å²) in [5, 5.41) is 0. The number of rotatable bonds is 5. The second-order valence-electron chi connectivity index (χ2n) is 3.64. The minimum absolute atomic E-state index is 0.148. The molecule has 1 fully saturated rings. The topological polar surface area (TPSA) is 61.8 Å². The standard InChI is InChI=1S/C11H18O5/c1-3-9(12)14-7-8-5-6-11(15-8)16-10(13)4-2/h8,11H,3-7H2,1-2H3. The second-order valence-corrected chi connectivity index (χ2v) is 3.64. The van der Waals surface area contributed by atoms with E-state index in [0.29, 0.717) is 19.3 Å². The SMILES string of the molecule is CCC(=O)OCC1CCC(OC(=O)CC)O1. The van der Waals surface area contributed by atoms with Crippen LogP contribution in [0.1, 0.15) is 39.5 Å². The largest absolute Gasteiger partial charge is 0.463 e. The molecule has 92 valence electrons. The predicted molar refractivity (Wildman–Crippen MR) is 55.5 cm³/mol. The van der Waals surface area contributed by atoms with Crippen molar-refractivity contribution in [2.45, 2.75) is 51.9 Å². The van der Waals surface area contributed by atoms with Crippen molar-refractivity contribution in [1.29, 1.82) is 0 Å². The molecule has 0 bridgehead atoms. The maximum Gasteiger partial charge on any atom is 0.307 e. The number of ether oxygens (including phenoxy) is 3. The van der Waals surface area contributed by atoms with Crippen LogP contribution in [0, 0.1) is 0 Å². The molecule has 1 aliphatic rings. The average molecular weight is 230 g/mol. The highest BCUT2D eigenvalue weighted by Gasteiger charge is 2.28. The third kappa shape index (κ3) is 4.18. The summed E-state index contributed by atoms with van der Waals surface area (Å²) < 4.78 is 15.4. The fourth-order valence-electron chi connectivity index (χ4n) is 1.40. The number of hydrogen-bond acceptors (Lipinski definition) is 5. The van der Waals surface area contributed by atoms with E-state index in [0.717, 1.165) is 6.42 Å². The third-order valence-electron chi connectivity index (χ3n) is 2.34. The molecule has 1 rings (SSSR count). The van der Waals surface area contributed by atoms with E-state index in [4.69, 9.17) is 14.2 Å². The van der Waals surface area contributed by atoms with E-state index < -0.39 is 6.29 Å². The Bertz CT molecular complexity index is 251. The summed E-state index contributed by atoms with van der Waals surface area (Å²) in [5.41, 5.74) is 0. The Balaban J connectivity index is 2.19. The molecule has 16 heavy (non-hydrogen) atoms. The van der Waals surface area contributed by atoms with Gasteiger partial charge < -0.3 is 14.2 Å². The molecular weight excluding hydrogens is 212 g/mol. The Kier molecular flexibility index (Phi) is 5.25. The predicted octanol–water partition coefficient (Wildman–Crippen LogP) is 1.40. The molecule has 0 aliphatic carbocycles. The summed E-state index contributed by atoms with van der Waals surface area (Å²) >= 11 is 0. The number of carbonyl (C=O) groups is 2. The van der Waals surface area contributed by atoms with Gasteiger partial charge in [-0.1, -0.05) is 13.8 Å². The first-order valence-corrected chi connectivity index (χ1v) is 5.66. The van der Waals surface area contributed by atoms with E-state index >= 15 is 0 Å². The van der Waals surface area contributed by atoms with Gasteiger partial charge in [0.1, 0.15) is 6.61 Å². The van der Waals surface area contributed by atoms with Crippen LogP contribution in [-0.4, -0.2) is 30.9 Å². The first kappa shape index (κ1) is 13.0. The van der Waals surface area contributed by atoms with Crippen LogP contribution in [0.15, 0.2) is 0 Å². The van der Waals surface area contributed by atoms with Crippen molar-refractivity contribution < 1.29 is 23.8 Å². The Morgan fingerprint density at radius 1 is 1.19 bits per heavy atom. The van der Waals surface area contributed by atoms with Gasteiger partial charge in [0.15, 0.2) is 0 Å². The fourth-order valence-corrected chi connectivity index (χ4v) is 1.40. The second kappa shape index (κ2) is 6.48. The molecule has 0 spiro atoms. The van der Waals surface area contributed by atoms with Crippen molar-refractivity contribution in [2.24, 2.45) is 0 Å². The van der Waals surface area contributed by atoms with Gasteiger partial charge in [0, 0.05) is 19.3 Å². The lowest BCUT2D eigenvalue weighted by Gasteiger charge is -2.13. The van der Waals surface area contributed by atoms with E-state index in [1.807, 2.05) is 0 Å². The molecule has 0 aromatic carbocycles. The highest BCUT2D eigenvalue weighted by Crippen LogP contribution is 2.21. The monoisotopic (exact) mass is 230 g/mol. The summed E-state index contributed by atoms with van der Waals surface area (Å²) in [6, 6.07) is 0. The Morgan fingerprint density at radius 3 is 2.50 bits per heavy atom. The summed E-state index contributed by atoms with van der Waals surface area (Å²) in [4.78, 5) is 21.9. The lowest BCUT2D eigenvalue weighted by Crippen LogP contribution is -2.22. The van der Waals surface area contributed by atoms with Gasteiger partial charge in [-0.15, -0.1) is 0 Å². The highest BCUT2D eigenvalue weighted by atomic mass is 16.7. The Labute approximate surface area is 95.0 Å². The van der Waals surface area contributed by atoms with E-state index in [-0.39, 0.29) is 24.6 Å². The molecule has 1 heterocycles. The van der Waals surface area contributed by atoms with E-state index in [1.54, 1.807) is 13.8 Å². The van der Waals surface area contributed by atoms with Gasteiger partial charge in [0.05, 0.1) is 6.10 Å². The van der Waals surface area contributed by atoms with Gasteiger partial charge in [-0.2, -0.15) is 0 Å². The van der Waals surface area contributed by atoms with Crippen molar-refractivity contribution in [1.82, 2.24) is 0 Å². The van der Waals surface area contributed by atoms with E-state index in [2.05, 4.69) is 0 Å². The molecule has 5 heteroatoms. The lowest BCUT2D eigenvalue weighted by atomic mass is 10.2. The van der Waals surface area contributed by atoms with Crippen molar-refractivity contribution in [3.8, 4) is 0 Å². The zero-order valence-corrected chi connectivity index (χ0v) is 9.73. The maximum atomic E-state index is 11.0. The number of carbonyl (C=O) groups excluding carboxylic acids is 2. The van der Waals surface area contributed by atoms with Crippen LogP contribution in [0.25, 0.3) is 0 Å². The highest BCUT2D eigenvalue weighted by molar-refractivity contribution is 5.69. The fraction of sp³-hybridized carbons (Fsp3) is 0.818. The number of hydrogen-bond donors (Lipinski definition) is 0.